The summed E-state index contributed by atoms with van der Waals surface area (Å²) in [6.07, 6.45) is 1.67. The van der Waals surface area contributed by atoms with Crippen molar-refractivity contribution in [3.05, 3.63) is 41.4 Å². The van der Waals surface area contributed by atoms with Gasteiger partial charge in [0.05, 0.1) is 11.3 Å². The average Bonchev–Trinajstić information content (AvgIpc) is 2.88. The van der Waals surface area contributed by atoms with E-state index in [9.17, 15) is 4.79 Å². The topological polar surface area (TPSA) is 94.0 Å². The van der Waals surface area contributed by atoms with Crippen LogP contribution in [0.15, 0.2) is 33.9 Å². The molecule has 0 saturated carbocycles. The molecule has 0 bridgehead atoms. The Balaban J connectivity index is 2.04. The van der Waals surface area contributed by atoms with E-state index in [2.05, 4.69) is 15.5 Å². The van der Waals surface area contributed by atoms with E-state index in [1.54, 1.807) is 18.3 Å². The van der Waals surface area contributed by atoms with Crippen molar-refractivity contribution in [2.45, 2.75) is 37.1 Å². The minimum absolute atomic E-state index is 0.176. The first-order chi connectivity index (χ1) is 10.3. The van der Waals surface area contributed by atoms with Gasteiger partial charge in [-0.25, -0.2) is 4.98 Å². The first-order valence-electron chi connectivity index (χ1n) is 6.92. The van der Waals surface area contributed by atoms with Crippen LogP contribution in [0.4, 0.5) is 0 Å². The van der Waals surface area contributed by atoms with Crippen molar-refractivity contribution in [2.24, 2.45) is 5.73 Å². The molecule has 7 heteroatoms. The Bertz CT molecular complexity index is 649. The highest BCUT2D eigenvalue weighted by atomic mass is 32.2. The Labute approximate surface area is 133 Å². The number of hydrogen-bond donors (Lipinski definition) is 2. The molecule has 2 aromatic heterocycles. The summed E-state index contributed by atoms with van der Waals surface area (Å²) in [6.45, 7) is 5.96. The van der Waals surface area contributed by atoms with Gasteiger partial charge in [0.25, 0.3) is 5.91 Å². The minimum atomic E-state index is -0.455. The van der Waals surface area contributed by atoms with Gasteiger partial charge in [0.15, 0.2) is 0 Å². The molecule has 6 nitrogen and oxygen atoms in total. The largest absolute Gasteiger partial charge is 0.361 e. The summed E-state index contributed by atoms with van der Waals surface area (Å²) < 4.78 is 5.03. The second-order valence-corrected chi connectivity index (χ2v) is 6.71. The van der Waals surface area contributed by atoms with Gasteiger partial charge in [0.1, 0.15) is 10.8 Å². The molecular formula is C15H20N4O2S. The second kappa shape index (κ2) is 6.93. The number of carbonyl (C=O) groups is 1. The number of aryl methyl sites for hydroxylation is 1. The lowest BCUT2D eigenvalue weighted by Gasteiger charge is -2.19. The van der Waals surface area contributed by atoms with Crippen LogP contribution >= 0.6 is 11.8 Å². The lowest BCUT2D eigenvalue weighted by molar-refractivity contribution is 0.0942. The average molecular weight is 320 g/mol. The highest BCUT2D eigenvalue weighted by molar-refractivity contribution is 7.98. The number of carbonyl (C=O) groups excluding carboxylic acids is 1. The van der Waals surface area contributed by atoms with E-state index in [4.69, 9.17) is 10.3 Å². The Kier molecular flexibility index (Phi) is 5.20. The third-order valence-corrected chi connectivity index (χ3v) is 3.79. The monoisotopic (exact) mass is 320 g/mol. The minimum Gasteiger partial charge on any atom is -0.361 e. The van der Waals surface area contributed by atoms with Crippen molar-refractivity contribution in [3.8, 4) is 0 Å². The molecule has 2 aromatic rings. The first kappa shape index (κ1) is 16.5. The molecule has 0 radical (unpaired) electrons. The number of thioether (sulfide) groups is 1. The fraction of sp³-hybridized carbons (Fsp3) is 0.400. The second-order valence-electron chi connectivity index (χ2n) is 5.74. The quantitative estimate of drug-likeness (QED) is 0.792. The summed E-state index contributed by atoms with van der Waals surface area (Å²) in [6, 6.07) is 5.36. The van der Waals surface area contributed by atoms with Crippen LogP contribution in [0.5, 0.6) is 0 Å². The maximum absolute atomic E-state index is 12.3. The van der Waals surface area contributed by atoms with E-state index in [1.165, 1.54) is 11.8 Å². The van der Waals surface area contributed by atoms with E-state index >= 15 is 0 Å². The molecule has 0 aliphatic rings. The van der Waals surface area contributed by atoms with Gasteiger partial charge in [-0.2, -0.15) is 0 Å². The number of rotatable bonds is 6. The van der Waals surface area contributed by atoms with Gasteiger partial charge in [-0.05, 0) is 32.9 Å². The van der Waals surface area contributed by atoms with Gasteiger partial charge in [-0.3, -0.25) is 4.79 Å². The Morgan fingerprint density at radius 3 is 2.91 bits per heavy atom. The summed E-state index contributed by atoms with van der Waals surface area (Å²) >= 11 is 1.45. The number of hydrogen-bond acceptors (Lipinski definition) is 6. The van der Waals surface area contributed by atoms with Crippen molar-refractivity contribution in [3.63, 3.8) is 0 Å². The third kappa shape index (κ3) is 4.85. The van der Waals surface area contributed by atoms with E-state index < -0.39 is 5.54 Å². The van der Waals surface area contributed by atoms with Crippen LogP contribution in [0.3, 0.4) is 0 Å². The standard InChI is InChI=1S/C15H20N4O2S/c1-10-7-11(19-21-10)8-22-14-12(5-4-6-17-14)13(20)18-9-15(2,3)16/h4-7H,8-9,16H2,1-3H3,(H,18,20). The van der Waals surface area contributed by atoms with Gasteiger partial charge >= 0.3 is 0 Å². The van der Waals surface area contributed by atoms with Gasteiger partial charge in [0, 0.05) is 30.1 Å². The van der Waals surface area contributed by atoms with Crippen LogP contribution in [0.1, 0.15) is 35.7 Å². The number of nitrogens with two attached hydrogens (primary N) is 1. The van der Waals surface area contributed by atoms with Crippen molar-refractivity contribution in [1.82, 2.24) is 15.5 Å². The molecule has 0 atom stereocenters. The van der Waals surface area contributed by atoms with E-state index in [0.717, 1.165) is 11.5 Å². The van der Waals surface area contributed by atoms with Crippen LogP contribution in [-0.2, 0) is 5.75 Å². The molecule has 0 spiro atoms. The zero-order valence-electron chi connectivity index (χ0n) is 12.9. The number of amides is 1. The number of aromatic nitrogens is 2. The molecular weight excluding hydrogens is 300 g/mol. The van der Waals surface area contributed by atoms with Crippen LogP contribution < -0.4 is 11.1 Å². The number of nitrogens with zero attached hydrogens (tertiary/aromatic N) is 2. The molecule has 3 N–H and O–H groups in total. The molecule has 118 valence electrons. The molecule has 0 aliphatic heterocycles. The van der Waals surface area contributed by atoms with Gasteiger partial charge in [0.2, 0.25) is 0 Å². The molecule has 0 fully saturated rings. The van der Waals surface area contributed by atoms with Crippen molar-refractivity contribution in [2.75, 3.05) is 6.54 Å². The fourth-order valence-corrected chi connectivity index (χ4v) is 2.58. The maximum atomic E-state index is 12.3. The van der Waals surface area contributed by atoms with Crippen molar-refractivity contribution < 1.29 is 9.32 Å². The van der Waals surface area contributed by atoms with Crippen LogP contribution in [0.25, 0.3) is 0 Å². The molecule has 0 aliphatic carbocycles. The van der Waals surface area contributed by atoms with Crippen LogP contribution in [-0.4, -0.2) is 28.1 Å². The fourth-order valence-electron chi connectivity index (χ4n) is 1.71. The normalized spacial score (nSPS) is 11.5. The molecule has 0 saturated heterocycles. The third-order valence-electron chi connectivity index (χ3n) is 2.75. The summed E-state index contributed by atoms with van der Waals surface area (Å²) in [7, 11) is 0. The van der Waals surface area contributed by atoms with Crippen LogP contribution in [0.2, 0.25) is 0 Å². The van der Waals surface area contributed by atoms with Gasteiger partial charge in [-0.15, -0.1) is 0 Å². The molecule has 2 heterocycles. The molecule has 2 rings (SSSR count). The number of nitrogens with one attached hydrogen (secondary N) is 1. The lowest BCUT2D eigenvalue weighted by atomic mass is 10.1. The Hall–Kier alpha value is -1.86. The predicted molar refractivity (Wildman–Crippen MR) is 85.6 cm³/mol. The molecule has 0 unspecified atom stereocenters. The van der Waals surface area contributed by atoms with E-state index in [0.29, 0.717) is 22.9 Å². The smallest absolute Gasteiger partial charge is 0.254 e. The molecule has 22 heavy (non-hydrogen) atoms. The zero-order chi connectivity index (χ0) is 16.2. The molecule has 0 aromatic carbocycles. The predicted octanol–water partition coefficient (Wildman–Crippen LogP) is 2.14. The highest BCUT2D eigenvalue weighted by Gasteiger charge is 2.17. The van der Waals surface area contributed by atoms with Gasteiger partial charge < -0.3 is 15.6 Å². The van der Waals surface area contributed by atoms with Crippen LogP contribution in [0, 0.1) is 6.92 Å². The Morgan fingerprint density at radius 2 is 2.27 bits per heavy atom. The van der Waals surface area contributed by atoms with Crippen molar-refractivity contribution >= 4 is 17.7 Å². The SMILES string of the molecule is Cc1cc(CSc2ncccc2C(=O)NCC(C)(C)N)no1. The summed E-state index contributed by atoms with van der Waals surface area (Å²) in [4.78, 5) is 16.6. The summed E-state index contributed by atoms with van der Waals surface area (Å²) in [5, 5.41) is 7.43. The number of pyridine rings is 1. The molecule has 1 amide bonds. The first-order valence-corrected chi connectivity index (χ1v) is 7.91. The maximum Gasteiger partial charge on any atom is 0.254 e. The summed E-state index contributed by atoms with van der Waals surface area (Å²) in [5.41, 5.74) is 6.79. The van der Waals surface area contributed by atoms with Crippen molar-refractivity contribution in [1.29, 1.82) is 0 Å². The lowest BCUT2D eigenvalue weighted by Crippen LogP contribution is -2.45. The summed E-state index contributed by atoms with van der Waals surface area (Å²) in [5.74, 6) is 1.18. The Morgan fingerprint density at radius 1 is 1.50 bits per heavy atom. The van der Waals surface area contributed by atoms with E-state index in [-0.39, 0.29) is 5.91 Å². The van der Waals surface area contributed by atoms with Gasteiger partial charge in [-0.1, -0.05) is 16.9 Å². The zero-order valence-corrected chi connectivity index (χ0v) is 13.7. The van der Waals surface area contributed by atoms with E-state index in [1.807, 2.05) is 26.8 Å². The highest BCUT2D eigenvalue weighted by Crippen LogP contribution is 2.24.